The maximum absolute atomic E-state index is 12.4. The summed E-state index contributed by atoms with van der Waals surface area (Å²) in [5.41, 5.74) is 4.41. The van der Waals surface area contributed by atoms with Crippen LogP contribution in [0.5, 0.6) is 0 Å². The van der Waals surface area contributed by atoms with E-state index in [1.807, 2.05) is 48.5 Å². The zero-order chi connectivity index (χ0) is 24.2. The van der Waals surface area contributed by atoms with Gasteiger partial charge < -0.3 is 30.1 Å². The molecule has 10 nitrogen and oxygen atoms in total. The second-order valence-corrected chi connectivity index (χ2v) is 7.88. The number of rotatable bonds is 8. The lowest BCUT2D eigenvalue weighted by Gasteiger charge is -2.16. The van der Waals surface area contributed by atoms with Crippen LogP contribution in [0.15, 0.2) is 59.3 Å². The van der Waals surface area contributed by atoms with Gasteiger partial charge in [-0.05, 0) is 29.2 Å². The van der Waals surface area contributed by atoms with Crippen molar-refractivity contribution in [3.63, 3.8) is 0 Å². The van der Waals surface area contributed by atoms with E-state index in [1.54, 1.807) is 0 Å². The molecule has 0 fully saturated rings. The van der Waals surface area contributed by atoms with Crippen molar-refractivity contribution in [3.8, 4) is 11.1 Å². The lowest BCUT2D eigenvalue weighted by atomic mass is 9.98. The third-order valence-corrected chi connectivity index (χ3v) is 5.67. The summed E-state index contributed by atoms with van der Waals surface area (Å²) in [6.07, 6.45) is -0.988. The smallest absolute Gasteiger partial charge is 0.407 e. The number of aliphatic carboxylic acids is 1. The first-order valence-corrected chi connectivity index (χ1v) is 10.6. The Morgan fingerprint density at radius 1 is 1.09 bits per heavy atom. The van der Waals surface area contributed by atoms with E-state index < -0.39 is 30.1 Å². The molecule has 10 heteroatoms. The van der Waals surface area contributed by atoms with E-state index in [4.69, 9.17) is 14.4 Å². The molecule has 0 radical (unpaired) electrons. The van der Waals surface area contributed by atoms with Gasteiger partial charge in [-0.25, -0.2) is 9.59 Å². The lowest BCUT2D eigenvalue weighted by molar-refractivity contribution is -0.141. The second kappa shape index (κ2) is 9.75. The molecule has 1 heterocycles. The van der Waals surface area contributed by atoms with Crippen LogP contribution in [0.3, 0.4) is 0 Å². The third-order valence-electron chi connectivity index (χ3n) is 5.67. The van der Waals surface area contributed by atoms with Crippen LogP contribution in [0.2, 0.25) is 0 Å². The molecule has 0 bridgehead atoms. The van der Waals surface area contributed by atoms with E-state index in [9.17, 15) is 19.5 Å². The number of hydrogen-bond acceptors (Lipinski definition) is 7. The molecule has 1 aliphatic carbocycles. The predicted octanol–water partition coefficient (Wildman–Crippen LogP) is 2.28. The Bertz CT molecular complexity index is 1180. The standard InChI is InChI=1S/C24H23N3O7/c1-13(28)21(23(30)31)26-22(29)19-12-34-27-20(19)10-25-24(32)33-11-18-16-8-4-2-6-14(16)15-7-3-5-9-17(15)18/h2-9,12-13,18,21,28H,10-11H2,1H3,(H,25,32)(H,26,29)(H,30,31). The number of nitrogens with zero attached hydrogens (tertiary/aromatic N) is 1. The SMILES string of the molecule is CC(O)C(NC(=O)c1conc1CNC(=O)OCC1c2ccccc2-c2ccccc21)C(=O)O. The van der Waals surface area contributed by atoms with Crippen LogP contribution in [-0.4, -0.2) is 52.1 Å². The highest BCUT2D eigenvalue weighted by Crippen LogP contribution is 2.44. The summed E-state index contributed by atoms with van der Waals surface area (Å²) >= 11 is 0. The number of hydrogen-bond donors (Lipinski definition) is 4. The average molecular weight is 465 g/mol. The predicted molar refractivity (Wildman–Crippen MR) is 119 cm³/mol. The van der Waals surface area contributed by atoms with Crippen molar-refractivity contribution < 1.29 is 33.9 Å². The maximum atomic E-state index is 12.4. The molecule has 0 saturated heterocycles. The monoisotopic (exact) mass is 465 g/mol. The zero-order valence-electron chi connectivity index (χ0n) is 18.2. The number of alkyl carbamates (subject to hydrolysis) is 1. The van der Waals surface area contributed by atoms with Gasteiger partial charge >= 0.3 is 12.1 Å². The number of carboxylic acid groups (broad SMARTS) is 1. The van der Waals surface area contributed by atoms with Crippen molar-refractivity contribution in [3.05, 3.63) is 77.2 Å². The van der Waals surface area contributed by atoms with Gasteiger partial charge in [0.2, 0.25) is 0 Å². The fourth-order valence-electron chi connectivity index (χ4n) is 3.98. The first kappa shape index (κ1) is 23.0. The van der Waals surface area contributed by atoms with Gasteiger partial charge in [-0.3, -0.25) is 4.79 Å². The lowest BCUT2D eigenvalue weighted by Crippen LogP contribution is -2.47. The number of aliphatic hydroxyl groups excluding tert-OH is 1. The normalized spacial score (nSPS) is 13.9. The number of aromatic nitrogens is 1. The average Bonchev–Trinajstić information content (AvgIpc) is 3.42. The molecule has 1 aromatic heterocycles. The molecule has 1 aliphatic rings. The zero-order valence-corrected chi connectivity index (χ0v) is 18.2. The minimum atomic E-state index is -1.51. The summed E-state index contributed by atoms with van der Waals surface area (Å²) in [5.74, 6) is -2.29. The molecule has 2 aromatic carbocycles. The van der Waals surface area contributed by atoms with Crippen LogP contribution < -0.4 is 10.6 Å². The number of carbonyl (C=O) groups is 3. The molecule has 34 heavy (non-hydrogen) atoms. The van der Waals surface area contributed by atoms with Crippen LogP contribution in [-0.2, 0) is 16.1 Å². The van der Waals surface area contributed by atoms with Gasteiger partial charge in [0.05, 0.1) is 12.6 Å². The number of ether oxygens (including phenoxy) is 1. The Labute approximate surface area is 194 Å². The number of carboxylic acids is 1. The molecule has 176 valence electrons. The van der Waals surface area contributed by atoms with Gasteiger partial charge in [-0.1, -0.05) is 53.7 Å². The minimum Gasteiger partial charge on any atom is -0.480 e. The number of nitrogens with one attached hydrogen (secondary N) is 2. The molecule has 2 atom stereocenters. The Kier molecular flexibility index (Phi) is 6.60. The number of benzene rings is 2. The van der Waals surface area contributed by atoms with Crippen molar-refractivity contribution in [2.24, 2.45) is 0 Å². The number of fused-ring (bicyclic) bond motifs is 3. The van der Waals surface area contributed by atoms with E-state index in [2.05, 4.69) is 15.8 Å². The number of amides is 2. The van der Waals surface area contributed by atoms with E-state index in [1.165, 1.54) is 6.92 Å². The molecule has 3 aromatic rings. The van der Waals surface area contributed by atoms with Gasteiger partial charge in [0, 0.05) is 5.92 Å². The van der Waals surface area contributed by atoms with Crippen LogP contribution in [0.1, 0.15) is 40.0 Å². The molecule has 2 amide bonds. The first-order valence-electron chi connectivity index (χ1n) is 10.6. The second-order valence-electron chi connectivity index (χ2n) is 7.88. The largest absolute Gasteiger partial charge is 0.480 e. The van der Waals surface area contributed by atoms with Gasteiger partial charge in [-0.2, -0.15) is 0 Å². The molecule has 0 saturated carbocycles. The maximum Gasteiger partial charge on any atom is 0.407 e. The Morgan fingerprint density at radius 2 is 1.71 bits per heavy atom. The quantitative estimate of drug-likeness (QED) is 0.396. The van der Waals surface area contributed by atoms with Gasteiger partial charge in [-0.15, -0.1) is 0 Å². The highest BCUT2D eigenvalue weighted by molar-refractivity contribution is 5.97. The minimum absolute atomic E-state index is 0.0640. The van der Waals surface area contributed by atoms with Crippen molar-refractivity contribution >= 4 is 18.0 Å². The summed E-state index contributed by atoms with van der Waals surface area (Å²) in [6.45, 7) is 1.19. The fraction of sp³-hybridized carbons (Fsp3) is 0.250. The Morgan fingerprint density at radius 3 is 2.29 bits per heavy atom. The van der Waals surface area contributed by atoms with Crippen LogP contribution in [0.4, 0.5) is 4.79 Å². The van der Waals surface area contributed by atoms with Crippen LogP contribution in [0.25, 0.3) is 11.1 Å². The van der Waals surface area contributed by atoms with E-state index in [-0.39, 0.29) is 30.3 Å². The van der Waals surface area contributed by atoms with Crippen molar-refractivity contribution in [1.29, 1.82) is 0 Å². The van der Waals surface area contributed by atoms with E-state index >= 15 is 0 Å². The topological polar surface area (TPSA) is 151 Å². The molecule has 0 spiro atoms. The van der Waals surface area contributed by atoms with E-state index in [0.717, 1.165) is 28.5 Å². The van der Waals surface area contributed by atoms with Crippen molar-refractivity contribution in [2.45, 2.75) is 31.5 Å². The molecule has 0 aliphatic heterocycles. The highest BCUT2D eigenvalue weighted by atomic mass is 16.5. The summed E-state index contributed by atoms with van der Waals surface area (Å²) in [5, 5.41) is 27.1. The fourth-order valence-corrected chi connectivity index (χ4v) is 3.98. The Hall–Kier alpha value is -4.18. The summed E-state index contributed by atoms with van der Waals surface area (Å²) in [4.78, 5) is 35.9. The van der Waals surface area contributed by atoms with Gasteiger partial charge in [0.15, 0.2) is 6.04 Å². The van der Waals surface area contributed by atoms with Crippen LogP contribution in [0, 0.1) is 0 Å². The van der Waals surface area contributed by atoms with E-state index in [0.29, 0.717) is 0 Å². The summed E-state index contributed by atoms with van der Waals surface area (Å²) < 4.78 is 10.3. The van der Waals surface area contributed by atoms with Crippen molar-refractivity contribution in [2.75, 3.05) is 6.61 Å². The molecular formula is C24H23N3O7. The molecule has 2 unspecified atom stereocenters. The summed E-state index contributed by atoms with van der Waals surface area (Å²) in [6, 6.07) is 14.4. The molecule has 4 rings (SSSR count). The number of carbonyl (C=O) groups excluding carboxylic acids is 2. The van der Waals surface area contributed by atoms with Gasteiger partial charge in [0.1, 0.15) is 24.1 Å². The Balaban J connectivity index is 1.36. The van der Waals surface area contributed by atoms with Gasteiger partial charge in [0.25, 0.3) is 5.91 Å². The number of aliphatic hydroxyl groups is 1. The third kappa shape index (κ3) is 4.62. The molecular weight excluding hydrogens is 442 g/mol. The van der Waals surface area contributed by atoms with Crippen LogP contribution >= 0.6 is 0 Å². The van der Waals surface area contributed by atoms with Crippen molar-refractivity contribution in [1.82, 2.24) is 15.8 Å². The highest BCUT2D eigenvalue weighted by Gasteiger charge is 2.30. The molecule has 4 N–H and O–H groups in total. The summed E-state index contributed by atoms with van der Waals surface area (Å²) in [7, 11) is 0. The first-order chi connectivity index (χ1) is 16.4.